The lowest BCUT2D eigenvalue weighted by Crippen LogP contribution is -2.03. The van der Waals surface area contributed by atoms with Gasteiger partial charge in [0.25, 0.3) is 10.0 Å². The van der Waals surface area contributed by atoms with Gasteiger partial charge in [0.05, 0.1) is 10.5 Å². The van der Waals surface area contributed by atoms with Crippen molar-refractivity contribution in [2.45, 2.75) is 4.90 Å². The first-order chi connectivity index (χ1) is 9.50. The molecule has 0 aliphatic heterocycles. The third-order valence-corrected chi connectivity index (χ3v) is 3.81. The van der Waals surface area contributed by atoms with Gasteiger partial charge in [0.15, 0.2) is 0 Å². The SMILES string of the molecule is O=C(O)c1ccccc1/C=N\S(=O)(=O)c1ccccc1. The molecule has 2 aromatic carbocycles. The number of sulfonamides is 1. The standard InChI is InChI=1S/C14H11NO4S/c16-14(17)13-9-5-4-6-11(13)10-15-20(18,19)12-7-2-1-3-8-12/h1-10H,(H,16,17)/b15-10-. The molecule has 0 atom stereocenters. The van der Waals surface area contributed by atoms with Gasteiger partial charge in [0.1, 0.15) is 0 Å². The molecule has 6 heteroatoms. The maximum absolute atomic E-state index is 11.9. The second-order valence-corrected chi connectivity index (χ2v) is 5.55. The molecular formula is C14H11NO4S. The van der Waals surface area contributed by atoms with Gasteiger partial charge >= 0.3 is 5.97 Å². The summed E-state index contributed by atoms with van der Waals surface area (Å²) < 4.78 is 27.4. The second-order valence-electron chi connectivity index (χ2n) is 3.92. The predicted molar refractivity (Wildman–Crippen MR) is 74.6 cm³/mol. The van der Waals surface area contributed by atoms with Crippen LogP contribution in [0.1, 0.15) is 15.9 Å². The average molecular weight is 289 g/mol. The number of carbonyl (C=O) groups is 1. The van der Waals surface area contributed by atoms with Crippen molar-refractivity contribution in [3.63, 3.8) is 0 Å². The minimum atomic E-state index is -3.82. The van der Waals surface area contributed by atoms with Crippen molar-refractivity contribution in [2.24, 2.45) is 4.40 Å². The largest absolute Gasteiger partial charge is 0.478 e. The summed E-state index contributed by atoms with van der Waals surface area (Å²) in [6.07, 6.45) is 1.05. The molecule has 1 N–H and O–H groups in total. The number of carboxylic acid groups (broad SMARTS) is 1. The maximum Gasteiger partial charge on any atom is 0.336 e. The van der Waals surface area contributed by atoms with Gasteiger partial charge in [0.2, 0.25) is 0 Å². The molecule has 0 saturated heterocycles. The monoisotopic (exact) mass is 289 g/mol. The first kappa shape index (κ1) is 14.0. The van der Waals surface area contributed by atoms with Gasteiger partial charge in [-0.05, 0) is 18.2 Å². The van der Waals surface area contributed by atoms with Crippen LogP contribution < -0.4 is 0 Å². The summed E-state index contributed by atoms with van der Waals surface area (Å²) in [5.74, 6) is -1.14. The van der Waals surface area contributed by atoms with Crippen LogP contribution in [0.4, 0.5) is 0 Å². The lowest BCUT2D eigenvalue weighted by Gasteiger charge is -2.00. The summed E-state index contributed by atoms with van der Waals surface area (Å²) in [6, 6.07) is 13.8. The molecule has 0 radical (unpaired) electrons. The summed E-state index contributed by atoms with van der Waals surface area (Å²) in [6.45, 7) is 0. The Labute approximate surface area is 116 Å². The van der Waals surface area contributed by atoms with E-state index in [2.05, 4.69) is 4.40 Å². The lowest BCUT2D eigenvalue weighted by atomic mass is 10.1. The number of nitrogens with zero attached hydrogens (tertiary/aromatic N) is 1. The zero-order valence-electron chi connectivity index (χ0n) is 10.3. The molecule has 5 nitrogen and oxygen atoms in total. The Balaban J connectivity index is 2.38. The van der Waals surface area contributed by atoms with Gasteiger partial charge in [-0.3, -0.25) is 0 Å². The van der Waals surface area contributed by atoms with Crippen LogP contribution in [0.25, 0.3) is 0 Å². The van der Waals surface area contributed by atoms with E-state index in [1.165, 1.54) is 24.3 Å². The van der Waals surface area contributed by atoms with Gasteiger partial charge in [0, 0.05) is 11.8 Å². The van der Waals surface area contributed by atoms with E-state index in [1.807, 2.05) is 0 Å². The average Bonchev–Trinajstić information content (AvgIpc) is 2.46. The van der Waals surface area contributed by atoms with E-state index in [-0.39, 0.29) is 16.0 Å². The van der Waals surface area contributed by atoms with Crippen molar-refractivity contribution in [3.8, 4) is 0 Å². The first-order valence-electron chi connectivity index (χ1n) is 5.68. The van der Waals surface area contributed by atoms with Gasteiger partial charge in [-0.2, -0.15) is 12.8 Å². The van der Waals surface area contributed by atoms with Crippen molar-refractivity contribution < 1.29 is 18.3 Å². The molecule has 0 amide bonds. The molecule has 102 valence electrons. The quantitative estimate of drug-likeness (QED) is 0.874. The van der Waals surface area contributed by atoms with Crippen molar-refractivity contribution >= 4 is 22.2 Å². The minimum Gasteiger partial charge on any atom is -0.478 e. The summed E-state index contributed by atoms with van der Waals surface area (Å²) in [4.78, 5) is 11.1. The van der Waals surface area contributed by atoms with E-state index in [1.54, 1.807) is 30.3 Å². The van der Waals surface area contributed by atoms with Crippen molar-refractivity contribution in [1.82, 2.24) is 0 Å². The van der Waals surface area contributed by atoms with Crippen LogP contribution in [0.2, 0.25) is 0 Å². The number of rotatable bonds is 4. The highest BCUT2D eigenvalue weighted by Crippen LogP contribution is 2.12. The van der Waals surface area contributed by atoms with Crippen LogP contribution in [0, 0.1) is 0 Å². The molecule has 0 aromatic heterocycles. The Morgan fingerprint density at radius 3 is 2.25 bits per heavy atom. The number of hydrogen-bond donors (Lipinski definition) is 1. The van der Waals surface area contributed by atoms with Crippen LogP contribution in [0.5, 0.6) is 0 Å². The van der Waals surface area contributed by atoms with Crippen molar-refractivity contribution in [2.75, 3.05) is 0 Å². The fraction of sp³-hybridized carbons (Fsp3) is 0. The Hall–Kier alpha value is -2.47. The lowest BCUT2D eigenvalue weighted by molar-refractivity contribution is 0.0696. The molecule has 2 aromatic rings. The fourth-order valence-corrected chi connectivity index (χ4v) is 2.46. The number of hydrogen-bond acceptors (Lipinski definition) is 3. The molecule has 0 fully saturated rings. The van der Waals surface area contributed by atoms with E-state index in [0.717, 1.165) is 6.21 Å². The van der Waals surface area contributed by atoms with E-state index >= 15 is 0 Å². The maximum atomic E-state index is 11.9. The van der Waals surface area contributed by atoms with Crippen LogP contribution >= 0.6 is 0 Å². The highest BCUT2D eigenvalue weighted by Gasteiger charge is 2.12. The first-order valence-corrected chi connectivity index (χ1v) is 7.12. The molecule has 0 spiro atoms. The van der Waals surface area contributed by atoms with E-state index in [9.17, 15) is 13.2 Å². The summed E-state index contributed by atoms with van der Waals surface area (Å²) in [7, 11) is -3.82. The molecule has 0 heterocycles. The highest BCUT2D eigenvalue weighted by atomic mass is 32.2. The smallest absolute Gasteiger partial charge is 0.336 e. The topological polar surface area (TPSA) is 83.8 Å². The Morgan fingerprint density at radius 1 is 1.00 bits per heavy atom. The van der Waals surface area contributed by atoms with Crippen LogP contribution in [-0.4, -0.2) is 25.7 Å². The van der Waals surface area contributed by atoms with Crippen LogP contribution in [0.3, 0.4) is 0 Å². The zero-order valence-corrected chi connectivity index (χ0v) is 11.1. The third kappa shape index (κ3) is 3.10. The van der Waals surface area contributed by atoms with Gasteiger partial charge in [-0.25, -0.2) is 4.79 Å². The van der Waals surface area contributed by atoms with E-state index in [0.29, 0.717) is 0 Å². The molecule has 0 unspecified atom stereocenters. The van der Waals surface area contributed by atoms with Crippen molar-refractivity contribution in [3.05, 3.63) is 65.7 Å². The minimum absolute atomic E-state index is 0.000452. The van der Waals surface area contributed by atoms with Crippen LogP contribution in [0.15, 0.2) is 63.9 Å². The normalized spacial score (nSPS) is 11.6. The Bertz CT molecular complexity index is 752. The van der Waals surface area contributed by atoms with E-state index < -0.39 is 16.0 Å². The predicted octanol–water partition coefficient (Wildman–Crippen LogP) is 2.19. The molecule has 0 aliphatic rings. The number of aromatic carboxylic acids is 1. The third-order valence-electron chi connectivity index (χ3n) is 2.56. The summed E-state index contributed by atoms with van der Waals surface area (Å²) >= 11 is 0. The van der Waals surface area contributed by atoms with E-state index in [4.69, 9.17) is 5.11 Å². The molecule has 0 saturated carbocycles. The van der Waals surface area contributed by atoms with Gasteiger partial charge < -0.3 is 5.11 Å². The second kappa shape index (κ2) is 5.66. The van der Waals surface area contributed by atoms with Gasteiger partial charge in [-0.1, -0.05) is 36.4 Å². The molecule has 2 rings (SSSR count). The molecular weight excluding hydrogens is 278 g/mol. The molecule has 0 aliphatic carbocycles. The fourth-order valence-electron chi connectivity index (χ4n) is 1.58. The molecule has 20 heavy (non-hydrogen) atoms. The van der Waals surface area contributed by atoms with Crippen LogP contribution in [-0.2, 0) is 10.0 Å². The highest BCUT2D eigenvalue weighted by molar-refractivity contribution is 7.90. The number of carboxylic acids is 1. The number of benzene rings is 2. The van der Waals surface area contributed by atoms with Gasteiger partial charge in [-0.15, -0.1) is 0 Å². The summed E-state index contributed by atoms with van der Waals surface area (Å²) in [5, 5.41) is 9.00. The zero-order chi connectivity index (χ0) is 14.6. The Kier molecular flexibility index (Phi) is 3.95. The Morgan fingerprint density at radius 2 is 1.60 bits per heavy atom. The molecule has 0 bridgehead atoms. The summed E-state index contributed by atoms with van der Waals surface area (Å²) in [5.41, 5.74) is 0.235. The van der Waals surface area contributed by atoms with Crippen molar-refractivity contribution in [1.29, 1.82) is 0 Å².